The van der Waals surface area contributed by atoms with Crippen molar-refractivity contribution in [2.75, 3.05) is 0 Å². The van der Waals surface area contributed by atoms with Crippen LogP contribution in [0.2, 0.25) is 0 Å². The first-order chi connectivity index (χ1) is 4.92. The topological polar surface area (TPSA) is 57.5 Å². The van der Waals surface area contributed by atoms with Crippen LogP contribution in [0.5, 0.6) is 0 Å². The first kappa shape index (κ1) is 10.3. The van der Waals surface area contributed by atoms with E-state index in [0.717, 1.165) is 0 Å². The molecule has 0 aliphatic rings. The van der Waals surface area contributed by atoms with Crippen molar-refractivity contribution in [2.24, 2.45) is 0 Å². The maximum Gasteiger partial charge on any atom is 0.377 e. The van der Waals surface area contributed by atoms with Gasteiger partial charge in [-0.3, -0.25) is 0 Å². The van der Waals surface area contributed by atoms with Crippen LogP contribution in [0, 0.1) is 0 Å². The van der Waals surface area contributed by atoms with Crippen LogP contribution >= 0.6 is 0 Å². The molecule has 0 saturated heterocycles. The Hall–Kier alpha value is -0.710. The van der Waals surface area contributed by atoms with E-state index in [1.165, 1.54) is 0 Å². The fourth-order valence-corrected chi connectivity index (χ4v) is 0.597. The quantitative estimate of drug-likeness (QED) is 0.654. The zero-order chi connectivity index (χ0) is 9.07. The van der Waals surface area contributed by atoms with Gasteiger partial charge < -0.3 is 10.2 Å². The zero-order valence-electron chi connectivity index (χ0n) is 6.05. The highest BCUT2D eigenvalue weighted by molar-refractivity contribution is 5.76. The van der Waals surface area contributed by atoms with E-state index in [0.29, 0.717) is 6.42 Å². The molecule has 0 fully saturated rings. The molecule has 0 aromatic carbocycles. The van der Waals surface area contributed by atoms with Crippen molar-refractivity contribution in [1.29, 1.82) is 0 Å². The fraction of sp³-hybridized carbons (Fsp3) is 0.833. The van der Waals surface area contributed by atoms with Crippen LogP contribution in [0.4, 0.5) is 8.78 Å². The van der Waals surface area contributed by atoms with E-state index < -0.39 is 18.0 Å². The summed E-state index contributed by atoms with van der Waals surface area (Å²) >= 11 is 0. The number of carbonyl (C=O) groups is 1. The molecule has 0 aromatic heterocycles. The smallest absolute Gasteiger partial charge is 0.377 e. The summed E-state index contributed by atoms with van der Waals surface area (Å²) in [6.45, 7) is 1.58. The van der Waals surface area contributed by atoms with Gasteiger partial charge in [0.2, 0.25) is 0 Å². The largest absolute Gasteiger partial charge is 0.477 e. The van der Waals surface area contributed by atoms with Gasteiger partial charge in [0.15, 0.2) is 0 Å². The number of alkyl halides is 2. The molecule has 0 aliphatic heterocycles. The molecule has 0 bridgehead atoms. The molecule has 1 unspecified atom stereocenters. The van der Waals surface area contributed by atoms with Gasteiger partial charge in [0, 0.05) is 0 Å². The summed E-state index contributed by atoms with van der Waals surface area (Å²) in [5.41, 5.74) is 0. The van der Waals surface area contributed by atoms with Crippen molar-refractivity contribution >= 4 is 5.97 Å². The van der Waals surface area contributed by atoms with Crippen LogP contribution in [0.15, 0.2) is 0 Å². The molecule has 0 amide bonds. The van der Waals surface area contributed by atoms with Crippen molar-refractivity contribution in [3.8, 4) is 0 Å². The molecule has 5 heteroatoms. The summed E-state index contributed by atoms with van der Waals surface area (Å²) < 4.78 is 24.6. The van der Waals surface area contributed by atoms with E-state index >= 15 is 0 Å². The Morgan fingerprint density at radius 2 is 2.09 bits per heavy atom. The predicted octanol–water partition coefficient (Wildman–Crippen LogP) is 0.867. The Bertz CT molecular complexity index is 147. The second kappa shape index (κ2) is 3.61. The third-order valence-corrected chi connectivity index (χ3v) is 1.27. The van der Waals surface area contributed by atoms with Crippen LogP contribution in [-0.4, -0.2) is 28.2 Å². The lowest BCUT2D eigenvalue weighted by Gasteiger charge is -2.16. The average Bonchev–Trinajstić information content (AvgIpc) is 1.88. The fourth-order valence-electron chi connectivity index (χ4n) is 0.597. The van der Waals surface area contributed by atoms with Crippen molar-refractivity contribution in [1.82, 2.24) is 0 Å². The molecule has 0 rings (SSSR count). The van der Waals surface area contributed by atoms with Crippen molar-refractivity contribution < 1.29 is 23.8 Å². The van der Waals surface area contributed by atoms with E-state index in [1.807, 2.05) is 0 Å². The van der Waals surface area contributed by atoms with Crippen LogP contribution in [0.3, 0.4) is 0 Å². The van der Waals surface area contributed by atoms with Crippen molar-refractivity contribution in [3.63, 3.8) is 0 Å². The Labute approximate surface area is 62.6 Å². The molecular formula is C6H10F2O3. The second-order valence-corrected chi connectivity index (χ2v) is 2.23. The number of aliphatic hydroxyl groups is 1. The third kappa shape index (κ3) is 2.42. The maximum atomic E-state index is 12.3. The van der Waals surface area contributed by atoms with Crippen molar-refractivity contribution in [2.45, 2.75) is 31.8 Å². The number of aliphatic carboxylic acids is 1. The molecule has 66 valence electrons. The van der Waals surface area contributed by atoms with Gasteiger partial charge in [-0.05, 0) is 6.42 Å². The van der Waals surface area contributed by atoms with Gasteiger partial charge in [0.05, 0.1) is 0 Å². The Morgan fingerprint density at radius 1 is 1.64 bits per heavy atom. The van der Waals surface area contributed by atoms with E-state index in [9.17, 15) is 13.6 Å². The molecule has 1 atom stereocenters. The lowest BCUT2D eigenvalue weighted by atomic mass is 10.1. The van der Waals surface area contributed by atoms with E-state index in [1.54, 1.807) is 6.92 Å². The highest BCUT2D eigenvalue weighted by Crippen LogP contribution is 2.21. The minimum Gasteiger partial charge on any atom is -0.477 e. The summed E-state index contributed by atoms with van der Waals surface area (Å²) in [7, 11) is 0. The number of halogens is 2. The number of carboxylic acids is 1. The lowest BCUT2D eigenvalue weighted by Crippen LogP contribution is -2.41. The molecule has 0 radical (unpaired) electrons. The molecular weight excluding hydrogens is 158 g/mol. The van der Waals surface area contributed by atoms with Crippen molar-refractivity contribution in [3.05, 3.63) is 0 Å². The van der Waals surface area contributed by atoms with E-state index in [-0.39, 0.29) is 6.42 Å². The Kier molecular flexibility index (Phi) is 3.38. The maximum absolute atomic E-state index is 12.3. The van der Waals surface area contributed by atoms with Gasteiger partial charge in [-0.25, -0.2) is 4.79 Å². The summed E-state index contributed by atoms with van der Waals surface area (Å²) in [5.74, 6) is -6.30. The van der Waals surface area contributed by atoms with Gasteiger partial charge >= 0.3 is 11.9 Å². The first-order valence-corrected chi connectivity index (χ1v) is 3.22. The van der Waals surface area contributed by atoms with Gasteiger partial charge in [0.1, 0.15) is 6.10 Å². The number of rotatable bonds is 4. The van der Waals surface area contributed by atoms with Gasteiger partial charge in [-0.2, -0.15) is 8.78 Å². The molecule has 2 N–H and O–H groups in total. The van der Waals surface area contributed by atoms with E-state index in [2.05, 4.69) is 0 Å². The minimum atomic E-state index is -4.02. The number of hydrogen-bond acceptors (Lipinski definition) is 2. The van der Waals surface area contributed by atoms with Gasteiger partial charge in [-0.1, -0.05) is 13.3 Å². The minimum absolute atomic E-state index is 0.209. The van der Waals surface area contributed by atoms with Crippen LogP contribution in [-0.2, 0) is 4.79 Å². The Morgan fingerprint density at radius 3 is 2.36 bits per heavy atom. The molecule has 0 aliphatic carbocycles. The van der Waals surface area contributed by atoms with E-state index in [4.69, 9.17) is 10.2 Å². The molecule has 3 nitrogen and oxygen atoms in total. The summed E-state index contributed by atoms with van der Waals surface area (Å²) in [5, 5.41) is 16.5. The number of hydrogen-bond donors (Lipinski definition) is 2. The van der Waals surface area contributed by atoms with Crippen LogP contribution in [0.25, 0.3) is 0 Å². The standard InChI is InChI=1S/C6H10F2O3/c1-2-3-4(9)6(7,8)5(10)11/h4,9H,2-3H2,1H3,(H,10,11). The zero-order valence-corrected chi connectivity index (χ0v) is 6.05. The SMILES string of the molecule is CCCC(O)C(F)(F)C(=O)O. The number of carboxylic acid groups (broad SMARTS) is 1. The summed E-state index contributed by atoms with van der Waals surface area (Å²) in [4.78, 5) is 9.83. The highest BCUT2D eigenvalue weighted by Gasteiger charge is 2.46. The Balaban J connectivity index is 4.17. The second-order valence-electron chi connectivity index (χ2n) is 2.23. The summed E-state index contributed by atoms with van der Waals surface area (Å²) in [6.07, 6.45) is -1.96. The lowest BCUT2D eigenvalue weighted by molar-refractivity contribution is -0.182. The molecule has 11 heavy (non-hydrogen) atoms. The summed E-state index contributed by atoms with van der Waals surface area (Å²) in [6, 6.07) is 0. The van der Waals surface area contributed by atoms with Gasteiger partial charge in [-0.15, -0.1) is 0 Å². The normalized spacial score (nSPS) is 14.5. The molecule has 0 saturated carbocycles. The third-order valence-electron chi connectivity index (χ3n) is 1.27. The van der Waals surface area contributed by atoms with Gasteiger partial charge in [0.25, 0.3) is 0 Å². The number of aliphatic hydroxyl groups excluding tert-OH is 1. The highest BCUT2D eigenvalue weighted by atomic mass is 19.3. The molecule has 0 aromatic rings. The monoisotopic (exact) mass is 168 g/mol. The predicted molar refractivity (Wildman–Crippen MR) is 33.5 cm³/mol. The first-order valence-electron chi connectivity index (χ1n) is 3.22. The van der Waals surface area contributed by atoms with Crippen LogP contribution in [0.1, 0.15) is 19.8 Å². The molecule has 0 heterocycles. The molecule has 0 spiro atoms. The van der Waals surface area contributed by atoms with Crippen LogP contribution < -0.4 is 0 Å². The average molecular weight is 168 g/mol.